The average Bonchev–Trinajstić information content (AvgIpc) is 3.00. The van der Waals surface area contributed by atoms with E-state index < -0.39 is 5.60 Å². The van der Waals surface area contributed by atoms with Crippen LogP contribution in [0.1, 0.15) is 45.4 Å². The third-order valence-electron chi connectivity index (χ3n) is 6.43. The van der Waals surface area contributed by atoms with Crippen LogP contribution in [-0.4, -0.2) is 35.1 Å². The maximum Gasteiger partial charge on any atom is 0.332 e. The number of esters is 1. The number of carbonyl (C=O) groups is 1. The number of ether oxygens (including phenoxy) is 1. The van der Waals surface area contributed by atoms with Gasteiger partial charge >= 0.3 is 5.97 Å². The molecule has 2 unspecified atom stereocenters. The van der Waals surface area contributed by atoms with Crippen molar-refractivity contribution < 1.29 is 9.53 Å². The third kappa shape index (κ3) is 1.75. The van der Waals surface area contributed by atoms with Crippen molar-refractivity contribution in [2.75, 3.05) is 6.54 Å². The highest BCUT2D eigenvalue weighted by Crippen LogP contribution is 2.61. The Labute approximate surface area is 143 Å². The largest absolute Gasteiger partial charge is 0.445 e. The second-order valence-corrected chi connectivity index (χ2v) is 7.66. The van der Waals surface area contributed by atoms with Crippen LogP contribution in [0.3, 0.4) is 0 Å². The van der Waals surface area contributed by atoms with Crippen LogP contribution in [0.2, 0.25) is 0 Å². The summed E-state index contributed by atoms with van der Waals surface area (Å²) in [5.74, 6) is 7.06. The number of carbonyl (C=O) groups excluding carboxylic acids is 1. The molecule has 4 atom stereocenters. The number of nitrogens with zero attached hydrogens (tertiary/aromatic N) is 1. The van der Waals surface area contributed by atoms with E-state index in [1.54, 1.807) is 6.08 Å². The quantitative estimate of drug-likeness (QED) is 0.390. The zero-order chi connectivity index (χ0) is 16.3. The number of fused-ring (bicyclic) bond motifs is 1. The summed E-state index contributed by atoms with van der Waals surface area (Å²) in [6, 6.07) is 0.665. The first-order valence-corrected chi connectivity index (χ1v) is 9.36. The van der Waals surface area contributed by atoms with Gasteiger partial charge in [0.1, 0.15) is 0 Å². The molecular weight excluding hydrogens is 298 g/mol. The van der Waals surface area contributed by atoms with E-state index in [1.807, 2.05) is 0 Å². The molecule has 1 spiro atoms. The molecule has 3 heterocycles. The number of piperidine rings is 1. The molecule has 0 amide bonds. The van der Waals surface area contributed by atoms with Crippen LogP contribution in [0.15, 0.2) is 34.9 Å². The van der Waals surface area contributed by atoms with E-state index in [1.165, 1.54) is 31.3 Å². The van der Waals surface area contributed by atoms with E-state index >= 15 is 0 Å². The molecule has 5 rings (SSSR count). The zero-order valence-electron chi connectivity index (χ0n) is 14.2. The van der Waals surface area contributed by atoms with Gasteiger partial charge in [-0.2, -0.15) is 0 Å². The average molecular weight is 321 g/mol. The van der Waals surface area contributed by atoms with Gasteiger partial charge in [-0.15, -0.1) is 0 Å². The van der Waals surface area contributed by atoms with Crippen molar-refractivity contribution in [3.05, 3.63) is 34.9 Å². The highest BCUT2D eigenvalue weighted by Gasteiger charge is 2.68. The monoisotopic (exact) mass is 321 g/mol. The first kappa shape index (κ1) is 14.5. The molecular formula is C21H23NO2. The SMILES string of the molecule is C[C@H]1C2=C(C#CC3C=CCCC3)C3=CC(=O)O[C@]32C2CCCCN21. The molecule has 0 aromatic carbocycles. The van der Waals surface area contributed by atoms with E-state index in [-0.39, 0.29) is 5.97 Å². The summed E-state index contributed by atoms with van der Waals surface area (Å²) in [6.07, 6.45) is 13.3. The first-order valence-electron chi connectivity index (χ1n) is 9.36. The number of rotatable bonds is 0. The Balaban J connectivity index is 1.57. The molecule has 2 aliphatic carbocycles. The Morgan fingerprint density at radius 1 is 1.29 bits per heavy atom. The highest BCUT2D eigenvalue weighted by molar-refractivity contribution is 5.94. The fourth-order valence-corrected chi connectivity index (χ4v) is 5.39. The first-order chi connectivity index (χ1) is 11.7. The standard InChI is InChI=1S/C21H23NO2/c1-14-20-16(11-10-15-7-3-2-4-8-15)17-13-19(23)24-21(17,20)18-9-5-6-12-22(14)18/h3,7,13-15,18H,2,4-6,8-9,12H2,1H3/t14-,15?,18?,21-/m0/s1. The molecule has 0 N–H and O–H groups in total. The summed E-state index contributed by atoms with van der Waals surface area (Å²) in [5.41, 5.74) is 2.99. The topological polar surface area (TPSA) is 29.5 Å². The maximum absolute atomic E-state index is 12.1. The van der Waals surface area contributed by atoms with Gasteiger partial charge in [0, 0.05) is 34.8 Å². The lowest BCUT2D eigenvalue weighted by Crippen LogP contribution is -2.52. The van der Waals surface area contributed by atoms with Crippen molar-refractivity contribution in [3.63, 3.8) is 0 Å². The van der Waals surface area contributed by atoms with Gasteiger partial charge in [0.15, 0.2) is 5.60 Å². The summed E-state index contributed by atoms with van der Waals surface area (Å²) in [6.45, 7) is 3.36. The molecule has 2 fully saturated rings. The van der Waals surface area contributed by atoms with Crippen molar-refractivity contribution in [2.45, 2.75) is 63.1 Å². The molecule has 3 aliphatic heterocycles. The molecule has 0 aromatic rings. The lowest BCUT2D eigenvalue weighted by atomic mass is 9.65. The van der Waals surface area contributed by atoms with Crippen LogP contribution < -0.4 is 0 Å². The van der Waals surface area contributed by atoms with E-state index in [0.717, 1.165) is 30.5 Å². The highest BCUT2D eigenvalue weighted by atomic mass is 16.6. The molecule has 0 radical (unpaired) electrons. The molecule has 0 saturated carbocycles. The molecule has 0 bridgehead atoms. The lowest BCUT2D eigenvalue weighted by molar-refractivity contribution is -0.146. The van der Waals surface area contributed by atoms with Crippen LogP contribution in [0.25, 0.3) is 0 Å². The van der Waals surface area contributed by atoms with Crippen LogP contribution in [0.5, 0.6) is 0 Å². The Kier molecular flexibility index (Phi) is 3.09. The van der Waals surface area contributed by atoms with Gasteiger partial charge in [-0.05, 0) is 45.6 Å². The van der Waals surface area contributed by atoms with Crippen LogP contribution in [0.4, 0.5) is 0 Å². The van der Waals surface area contributed by atoms with Crippen molar-refractivity contribution >= 4 is 5.97 Å². The summed E-state index contributed by atoms with van der Waals surface area (Å²) in [7, 11) is 0. The predicted octanol–water partition coefficient (Wildman–Crippen LogP) is 3.13. The summed E-state index contributed by atoms with van der Waals surface area (Å²) in [5, 5.41) is 0. The fraction of sp³-hybridized carbons (Fsp3) is 0.571. The lowest BCUT2D eigenvalue weighted by Gasteiger charge is -2.43. The van der Waals surface area contributed by atoms with Gasteiger partial charge < -0.3 is 4.74 Å². The van der Waals surface area contributed by atoms with Gasteiger partial charge in [0.25, 0.3) is 0 Å². The third-order valence-corrected chi connectivity index (χ3v) is 6.43. The minimum absolute atomic E-state index is 0.184. The smallest absolute Gasteiger partial charge is 0.332 e. The van der Waals surface area contributed by atoms with Gasteiger partial charge in [-0.3, -0.25) is 4.90 Å². The van der Waals surface area contributed by atoms with Crippen LogP contribution >= 0.6 is 0 Å². The Hall–Kier alpha value is -1.79. The molecule has 2 saturated heterocycles. The predicted molar refractivity (Wildman–Crippen MR) is 92.0 cm³/mol. The van der Waals surface area contributed by atoms with E-state index in [4.69, 9.17) is 4.74 Å². The molecule has 0 aromatic heterocycles. The minimum atomic E-state index is -0.455. The van der Waals surface area contributed by atoms with Crippen molar-refractivity contribution in [3.8, 4) is 11.8 Å². The second-order valence-electron chi connectivity index (χ2n) is 7.66. The Morgan fingerprint density at radius 2 is 2.21 bits per heavy atom. The van der Waals surface area contributed by atoms with E-state index in [0.29, 0.717) is 18.0 Å². The zero-order valence-corrected chi connectivity index (χ0v) is 14.2. The van der Waals surface area contributed by atoms with Crippen molar-refractivity contribution in [1.82, 2.24) is 4.90 Å². The molecule has 5 aliphatic rings. The van der Waals surface area contributed by atoms with E-state index in [9.17, 15) is 4.79 Å². The molecule has 124 valence electrons. The van der Waals surface area contributed by atoms with Crippen LogP contribution in [0, 0.1) is 17.8 Å². The van der Waals surface area contributed by atoms with Gasteiger partial charge in [-0.25, -0.2) is 4.79 Å². The van der Waals surface area contributed by atoms with Gasteiger partial charge in [0.05, 0.1) is 6.04 Å². The Bertz CT molecular complexity index is 762. The number of allylic oxidation sites excluding steroid dienone is 2. The maximum atomic E-state index is 12.1. The summed E-state index contributed by atoms with van der Waals surface area (Å²) in [4.78, 5) is 14.6. The van der Waals surface area contributed by atoms with Gasteiger partial charge in [0.2, 0.25) is 0 Å². The molecule has 3 heteroatoms. The summed E-state index contributed by atoms with van der Waals surface area (Å²) < 4.78 is 5.92. The number of hydrogen-bond acceptors (Lipinski definition) is 3. The van der Waals surface area contributed by atoms with Gasteiger partial charge in [-0.1, -0.05) is 30.4 Å². The summed E-state index contributed by atoms with van der Waals surface area (Å²) >= 11 is 0. The minimum Gasteiger partial charge on any atom is -0.445 e. The molecule has 3 nitrogen and oxygen atoms in total. The Morgan fingerprint density at radius 3 is 3.04 bits per heavy atom. The van der Waals surface area contributed by atoms with Crippen molar-refractivity contribution in [1.29, 1.82) is 0 Å². The fourth-order valence-electron chi connectivity index (χ4n) is 5.39. The van der Waals surface area contributed by atoms with Crippen LogP contribution in [-0.2, 0) is 9.53 Å². The van der Waals surface area contributed by atoms with E-state index in [2.05, 4.69) is 35.8 Å². The normalized spacial score (nSPS) is 40.0. The number of hydrogen-bond donors (Lipinski definition) is 0. The second kappa shape index (κ2) is 5.10. The van der Waals surface area contributed by atoms with Crippen molar-refractivity contribution in [2.24, 2.45) is 5.92 Å². The molecule has 24 heavy (non-hydrogen) atoms.